The van der Waals surface area contributed by atoms with Crippen molar-refractivity contribution in [2.45, 2.75) is 70.8 Å². The fourth-order valence-electron chi connectivity index (χ4n) is 3.59. The molecule has 104 valence electrons. The van der Waals surface area contributed by atoms with Crippen LogP contribution in [0.5, 0.6) is 0 Å². The van der Waals surface area contributed by atoms with Crippen LogP contribution in [0.2, 0.25) is 0 Å². The van der Waals surface area contributed by atoms with Crippen molar-refractivity contribution in [3.8, 4) is 0 Å². The lowest BCUT2D eigenvalue weighted by Crippen LogP contribution is -2.49. The SMILES string of the molecule is C=CCC1(CC=C)CCNC1(C)CCCCCC. The Bertz CT molecular complexity index is 259. The first-order valence-electron chi connectivity index (χ1n) is 7.61. The highest BCUT2D eigenvalue weighted by molar-refractivity contribution is 5.10. The van der Waals surface area contributed by atoms with Crippen LogP contribution in [-0.2, 0) is 0 Å². The Balaban J connectivity index is 2.68. The summed E-state index contributed by atoms with van der Waals surface area (Å²) in [6, 6.07) is 0. The molecular weight excluding hydrogens is 218 g/mol. The smallest absolute Gasteiger partial charge is 0.0215 e. The summed E-state index contributed by atoms with van der Waals surface area (Å²) in [6.07, 6.45) is 14.3. The highest BCUT2D eigenvalue weighted by Crippen LogP contribution is 2.48. The maximum atomic E-state index is 3.96. The molecule has 0 spiro atoms. The molecule has 0 saturated carbocycles. The molecule has 0 amide bonds. The fraction of sp³-hybridized carbons (Fsp3) is 0.765. The summed E-state index contributed by atoms with van der Waals surface area (Å²) in [5, 5.41) is 3.77. The summed E-state index contributed by atoms with van der Waals surface area (Å²) >= 11 is 0. The van der Waals surface area contributed by atoms with Crippen LogP contribution >= 0.6 is 0 Å². The van der Waals surface area contributed by atoms with Crippen LogP contribution in [0.15, 0.2) is 25.3 Å². The maximum absolute atomic E-state index is 3.96. The van der Waals surface area contributed by atoms with Gasteiger partial charge in [-0.1, -0.05) is 44.8 Å². The number of hydrogen-bond acceptors (Lipinski definition) is 1. The molecule has 1 heterocycles. The first kappa shape index (κ1) is 15.5. The van der Waals surface area contributed by atoms with Gasteiger partial charge in [-0.25, -0.2) is 0 Å². The summed E-state index contributed by atoms with van der Waals surface area (Å²) in [5.41, 5.74) is 0.617. The van der Waals surface area contributed by atoms with Crippen molar-refractivity contribution in [2.24, 2.45) is 5.41 Å². The number of rotatable bonds is 9. The molecule has 0 radical (unpaired) electrons. The third-order valence-corrected chi connectivity index (χ3v) is 4.89. The zero-order valence-electron chi connectivity index (χ0n) is 12.4. The van der Waals surface area contributed by atoms with Crippen molar-refractivity contribution < 1.29 is 0 Å². The van der Waals surface area contributed by atoms with Crippen LogP contribution in [0.25, 0.3) is 0 Å². The quantitative estimate of drug-likeness (QED) is 0.455. The average Bonchev–Trinajstić information content (AvgIpc) is 2.64. The van der Waals surface area contributed by atoms with Crippen molar-refractivity contribution >= 4 is 0 Å². The number of allylic oxidation sites excluding steroid dienone is 2. The van der Waals surface area contributed by atoms with E-state index in [1.54, 1.807) is 0 Å². The molecule has 1 heteroatoms. The van der Waals surface area contributed by atoms with Crippen LogP contribution in [0.4, 0.5) is 0 Å². The topological polar surface area (TPSA) is 12.0 Å². The molecule has 1 N–H and O–H groups in total. The van der Waals surface area contributed by atoms with Gasteiger partial charge >= 0.3 is 0 Å². The van der Waals surface area contributed by atoms with E-state index >= 15 is 0 Å². The lowest BCUT2D eigenvalue weighted by Gasteiger charge is -2.43. The Kier molecular flexibility index (Phi) is 6.14. The third-order valence-electron chi connectivity index (χ3n) is 4.89. The van der Waals surface area contributed by atoms with Crippen molar-refractivity contribution in [2.75, 3.05) is 6.54 Å². The minimum absolute atomic E-state index is 0.267. The van der Waals surface area contributed by atoms with Crippen LogP contribution in [-0.4, -0.2) is 12.1 Å². The van der Waals surface area contributed by atoms with Gasteiger partial charge in [0.05, 0.1) is 0 Å². The van der Waals surface area contributed by atoms with E-state index in [-0.39, 0.29) is 5.54 Å². The Hall–Kier alpha value is -0.560. The molecular formula is C17H31N. The van der Waals surface area contributed by atoms with Gasteiger partial charge < -0.3 is 5.32 Å². The number of nitrogens with one attached hydrogen (secondary N) is 1. The van der Waals surface area contributed by atoms with Gasteiger partial charge in [-0.05, 0) is 44.6 Å². The second kappa shape index (κ2) is 7.13. The van der Waals surface area contributed by atoms with Gasteiger partial charge in [-0.2, -0.15) is 0 Å². The predicted molar refractivity (Wildman–Crippen MR) is 81.8 cm³/mol. The van der Waals surface area contributed by atoms with Gasteiger partial charge in [0.25, 0.3) is 0 Å². The van der Waals surface area contributed by atoms with Crippen molar-refractivity contribution in [1.29, 1.82) is 0 Å². The molecule has 0 aliphatic carbocycles. The molecule has 0 bridgehead atoms. The van der Waals surface area contributed by atoms with Gasteiger partial charge in [-0.15, -0.1) is 13.2 Å². The summed E-state index contributed by atoms with van der Waals surface area (Å²) in [5.74, 6) is 0. The molecule has 0 aromatic carbocycles. The van der Waals surface area contributed by atoms with Gasteiger partial charge in [0.15, 0.2) is 0 Å². The second-order valence-corrected chi connectivity index (χ2v) is 6.09. The van der Waals surface area contributed by atoms with Gasteiger partial charge in [0.1, 0.15) is 0 Å². The first-order valence-corrected chi connectivity index (χ1v) is 7.61. The van der Waals surface area contributed by atoms with E-state index in [0.29, 0.717) is 5.41 Å². The standard InChI is InChI=1S/C17H31N/c1-5-8-9-10-13-16(4)17(11-6-2,12-7-3)14-15-18-16/h6-7,18H,2-3,5,8-15H2,1,4H3. The average molecular weight is 249 g/mol. The Labute approximate surface area is 114 Å². The first-order chi connectivity index (χ1) is 8.64. The number of unbranched alkanes of at least 4 members (excludes halogenated alkanes) is 3. The Morgan fingerprint density at radius 3 is 2.33 bits per heavy atom. The van der Waals surface area contributed by atoms with Crippen LogP contribution < -0.4 is 5.32 Å². The molecule has 0 aromatic heterocycles. The molecule has 18 heavy (non-hydrogen) atoms. The highest BCUT2D eigenvalue weighted by atomic mass is 15.0. The van der Waals surface area contributed by atoms with E-state index in [9.17, 15) is 0 Å². The zero-order valence-corrected chi connectivity index (χ0v) is 12.4. The lowest BCUT2D eigenvalue weighted by atomic mass is 9.65. The summed E-state index contributed by atoms with van der Waals surface area (Å²) in [6.45, 7) is 13.8. The molecule has 0 aromatic rings. The predicted octanol–water partition coefficient (Wildman–Crippen LogP) is 4.85. The molecule has 1 unspecified atom stereocenters. The zero-order chi connectivity index (χ0) is 13.5. The molecule has 1 aliphatic heterocycles. The molecule has 1 aliphatic rings. The van der Waals surface area contributed by atoms with Crippen molar-refractivity contribution in [3.63, 3.8) is 0 Å². The molecule has 1 atom stereocenters. The minimum atomic E-state index is 0.267. The Morgan fingerprint density at radius 2 is 1.78 bits per heavy atom. The summed E-state index contributed by atoms with van der Waals surface area (Å²) < 4.78 is 0. The lowest BCUT2D eigenvalue weighted by molar-refractivity contribution is 0.143. The normalized spacial score (nSPS) is 26.1. The van der Waals surface area contributed by atoms with Crippen molar-refractivity contribution in [3.05, 3.63) is 25.3 Å². The molecule has 1 nitrogen and oxygen atoms in total. The highest BCUT2D eigenvalue weighted by Gasteiger charge is 2.49. The van der Waals surface area contributed by atoms with Gasteiger partial charge in [0, 0.05) is 5.54 Å². The third kappa shape index (κ3) is 3.26. The van der Waals surface area contributed by atoms with E-state index in [0.717, 1.165) is 19.4 Å². The van der Waals surface area contributed by atoms with Gasteiger partial charge in [0.2, 0.25) is 0 Å². The number of hydrogen-bond donors (Lipinski definition) is 1. The van der Waals surface area contributed by atoms with Crippen molar-refractivity contribution in [1.82, 2.24) is 5.32 Å². The monoisotopic (exact) mass is 249 g/mol. The minimum Gasteiger partial charge on any atom is -0.311 e. The fourth-order valence-corrected chi connectivity index (χ4v) is 3.59. The molecule has 1 saturated heterocycles. The maximum Gasteiger partial charge on any atom is 0.0215 e. The summed E-state index contributed by atoms with van der Waals surface area (Å²) in [4.78, 5) is 0. The van der Waals surface area contributed by atoms with E-state index in [4.69, 9.17) is 0 Å². The van der Waals surface area contributed by atoms with E-state index in [1.165, 1.54) is 38.5 Å². The van der Waals surface area contributed by atoms with Crippen LogP contribution in [0.1, 0.15) is 65.2 Å². The van der Waals surface area contributed by atoms with Gasteiger partial charge in [-0.3, -0.25) is 0 Å². The molecule has 1 fully saturated rings. The molecule has 1 rings (SSSR count). The van der Waals surface area contributed by atoms with Crippen LogP contribution in [0, 0.1) is 5.41 Å². The Morgan fingerprint density at radius 1 is 1.11 bits per heavy atom. The van der Waals surface area contributed by atoms with Crippen LogP contribution in [0.3, 0.4) is 0 Å². The largest absolute Gasteiger partial charge is 0.311 e. The van der Waals surface area contributed by atoms with E-state index in [2.05, 4.69) is 44.5 Å². The van der Waals surface area contributed by atoms with E-state index in [1.807, 2.05) is 0 Å². The second-order valence-electron chi connectivity index (χ2n) is 6.09. The summed E-state index contributed by atoms with van der Waals surface area (Å²) in [7, 11) is 0. The van der Waals surface area contributed by atoms with E-state index < -0.39 is 0 Å².